The number of piperidine rings is 1. The number of aryl methyl sites for hydroxylation is 1. The molecule has 1 fully saturated rings. The summed E-state index contributed by atoms with van der Waals surface area (Å²) in [6, 6.07) is 3.30. The maximum absolute atomic E-state index is 12.5. The van der Waals surface area contributed by atoms with E-state index in [4.69, 9.17) is 4.74 Å². The number of aromatic nitrogens is 3. The summed E-state index contributed by atoms with van der Waals surface area (Å²) in [5, 5.41) is 0. The van der Waals surface area contributed by atoms with Crippen LogP contribution in [0.1, 0.15) is 29.0 Å². The largest absolute Gasteiger partial charge is 0.474 e. The summed E-state index contributed by atoms with van der Waals surface area (Å²) < 4.78 is 30.2. The van der Waals surface area contributed by atoms with Crippen LogP contribution in [-0.4, -0.2) is 66.7 Å². The standard InChI is InChI=1S/C18H23N5O4S/c1-13-10-20-16(12-19-13)18(24)23-8-6-15(7-9-23)27-17-5-4-14(11-21-17)22(2)28(3,25)26/h4-5,10-12,15H,6-9H2,1-3H3. The van der Waals surface area contributed by atoms with Gasteiger partial charge < -0.3 is 9.64 Å². The molecule has 0 unspecified atom stereocenters. The Morgan fingerprint density at radius 1 is 1.14 bits per heavy atom. The number of ether oxygens (including phenoxy) is 1. The molecule has 9 nitrogen and oxygen atoms in total. The van der Waals surface area contributed by atoms with E-state index in [1.54, 1.807) is 23.2 Å². The van der Waals surface area contributed by atoms with Crippen molar-refractivity contribution in [1.82, 2.24) is 19.9 Å². The molecular weight excluding hydrogens is 382 g/mol. The molecule has 0 spiro atoms. The van der Waals surface area contributed by atoms with Crippen molar-refractivity contribution in [3.05, 3.63) is 42.1 Å². The number of pyridine rings is 1. The van der Waals surface area contributed by atoms with E-state index < -0.39 is 10.0 Å². The van der Waals surface area contributed by atoms with Gasteiger partial charge in [-0.05, 0) is 13.0 Å². The van der Waals surface area contributed by atoms with E-state index in [0.29, 0.717) is 43.2 Å². The van der Waals surface area contributed by atoms with Gasteiger partial charge in [0.25, 0.3) is 5.91 Å². The summed E-state index contributed by atoms with van der Waals surface area (Å²) in [4.78, 5) is 26.7. The van der Waals surface area contributed by atoms with Crippen LogP contribution in [0.4, 0.5) is 5.69 Å². The number of rotatable bonds is 5. The van der Waals surface area contributed by atoms with Crippen LogP contribution >= 0.6 is 0 Å². The van der Waals surface area contributed by atoms with Gasteiger partial charge in [-0.15, -0.1) is 0 Å². The van der Waals surface area contributed by atoms with E-state index in [-0.39, 0.29) is 12.0 Å². The average Bonchev–Trinajstić information content (AvgIpc) is 2.68. The number of carbonyl (C=O) groups is 1. The van der Waals surface area contributed by atoms with Gasteiger partial charge in [-0.25, -0.2) is 18.4 Å². The van der Waals surface area contributed by atoms with E-state index in [0.717, 1.165) is 16.3 Å². The zero-order valence-electron chi connectivity index (χ0n) is 16.1. The Kier molecular flexibility index (Phi) is 5.78. The molecule has 0 N–H and O–H groups in total. The second-order valence-electron chi connectivity index (χ2n) is 6.74. The van der Waals surface area contributed by atoms with E-state index in [9.17, 15) is 13.2 Å². The maximum atomic E-state index is 12.5. The number of nitrogens with zero attached hydrogens (tertiary/aromatic N) is 5. The van der Waals surface area contributed by atoms with Gasteiger partial charge in [0.1, 0.15) is 11.8 Å². The smallest absolute Gasteiger partial charge is 0.274 e. The minimum Gasteiger partial charge on any atom is -0.474 e. The lowest BCUT2D eigenvalue weighted by Crippen LogP contribution is -2.42. The van der Waals surface area contributed by atoms with Gasteiger partial charge in [-0.1, -0.05) is 0 Å². The molecule has 1 saturated heterocycles. The Hall–Kier alpha value is -2.75. The van der Waals surface area contributed by atoms with Crippen LogP contribution in [0.15, 0.2) is 30.7 Å². The van der Waals surface area contributed by atoms with Crippen LogP contribution in [0.25, 0.3) is 0 Å². The molecule has 1 amide bonds. The summed E-state index contributed by atoms with van der Waals surface area (Å²) >= 11 is 0. The van der Waals surface area contributed by atoms with Crippen LogP contribution in [0, 0.1) is 6.92 Å². The van der Waals surface area contributed by atoms with E-state index in [1.165, 1.54) is 19.4 Å². The molecular formula is C18H23N5O4S. The van der Waals surface area contributed by atoms with Crippen molar-refractivity contribution in [2.24, 2.45) is 0 Å². The van der Waals surface area contributed by atoms with Crippen LogP contribution in [0.2, 0.25) is 0 Å². The molecule has 1 aliphatic heterocycles. The molecule has 2 aromatic rings. The highest BCUT2D eigenvalue weighted by atomic mass is 32.2. The SMILES string of the molecule is Cc1cnc(C(=O)N2CCC(Oc3ccc(N(C)S(C)(=O)=O)cn3)CC2)cn1. The van der Waals surface area contributed by atoms with Crippen molar-refractivity contribution in [3.63, 3.8) is 0 Å². The van der Waals surface area contributed by atoms with Crippen molar-refractivity contribution in [2.45, 2.75) is 25.9 Å². The van der Waals surface area contributed by atoms with Gasteiger partial charge in [-0.3, -0.25) is 14.1 Å². The summed E-state index contributed by atoms with van der Waals surface area (Å²) in [5.41, 5.74) is 1.58. The highest BCUT2D eigenvalue weighted by Gasteiger charge is 2.26. The molecule has 0 aliphatic carbocycles. The minimum atomic E-state index is -3.33. The van der Waals surface area contributed by atoms with Crippen molar-refractivity contribution in [1.29, 1.82) is 0 Å². The first kappa shape index (κ1) is 20.0. The molecule has 3 heterocycles. The number of likely N-dealkylation sites (tertiary alicyclic amines) is 1. The molecule has 10 heteroatoms. The Bertz CT molecular complexity index is 923. The molecule has 0 saturated carbocycles. The Balaban J connectivity index is 1.54. The Labute approximate surface area is 164 Å². The van der Waals surface area contributed by atoms with Gasteiger partial charge in [0.15, 0.2) is 0 Å². The van der Waals surface area contributed by atoms with E-state index >= 15 is 0 Å². The third-order valence-electron chi connectivity index (χ3n) is 4.60. The second-order valence-corrected chi connectivity index (χ2v) is 8.75. The van der Waals surface area contributed by atoms with Crippen LogP contribution in [0.3, 0.4) is 0 Å². The minimum absolute atomic E-state index is 0.0564. The number of amides is 1. The number of anilines is 1. The molecule has 28 heavy (non-hydrogen) atoms. The molecule has 150 valence electrons. The average molecular weight is 405 g/mol. The van der Waals surface area contributed by atoms with Gasteiger partial charge in [0.05, 0.1) is 30.0 Å². The molecule has 3 rings (SSSR count). The summed E-state index contributed by atoms with van der Waals surface area (Å²) in [6.07, 6.45) is 6.98. The second kappa shape index (κ2) is 8.09. The fourth-order valence-electron chi connectivity index (χ4n) is 2.83. The molecule has 0 atom stereocenters. The normalized spacial score (nSPS) is 15.3. The summed E-state index contributed by atoms with van der Waals surface area (Å²) in [5.74, 6) is 0.303. The van der Waals surface area contributed by atoms with Gasteiger partial charge in [0, 0.05) is 45.2 Å². The predicted molar refractivity (Wildman–Crippen MR) is 104 cm³/mol. The fraction of sp³-hybridized carbons (Fsp3) is 0.444. The Morgan fingerprint density at radius 3 is 2.39 bits per heavy atom. The first-order valence-electron chi connectivity index (χ1n) is 8.88. The molecule has 0 aromatic carbocycles. The van der Waals surface area contributed by atoms with Gasteiger partial charge >= 0.3 is 0 Å². The third kappa shape index (κ3) is 4.75. The third-order valence-corrected chi connectivity index (χ3v) is 5.80. The van der Waals surface area contributed by atoms with Crippen LogP contribution in [0.5, 0.6) is 5.88 Å². The Morgan fingerprint density at radius 2 is 1.86 bits per heavy atom. The maximum Gasteiger partial charge on any atom is 0.274 e. The molecule has 1 aliphatic rings. The number of hydrogen-bond donors (Lipinski definition) is 0. The van der Waals surface area contributed by atoms with Gasteiger partial charge in [0.2, 0.25) is 15.9 Å². The lowest BCUT2D eigenvalue weighted by molar-refractivity contribution is 0.0582. The topological polar surface area (TPSA) is 106 Å². The van der Waals surface area contributed by atoms with Gasteiger partial charge in [-0.2, -0.15) is 0 Å². The molecule has 0 radical (unpaired) electrons. The van der Waals surface area contributed by atoms with Crippen LogP contribution < -0.4 is 9.04 Å². The quantitative estimate of drug-likeness (QED) is 0.737. The highest BCUT2D eigenvalue weighted by Crippen LogP contribution is 2.21. The highest BCUT2D eigenvalue weighted by molar-refractivity contribution is 7.92. The van der Waals surface area contributed by atoms with Crippen molar-refractivity contribution in [2.75, 3.05) is 30.7 Å². The summed E-state index contributed by atoms with van der Waals surface area (Å²) in [7, 11) is -1.86. The first-order valence-corrected chi connectivity index (χ1v) is 10.7. The monoisotopic (exact) mass is 405 g/mol. The summed E-state index contributed by atoms with van der Waals surface area (Å²) in [6.45, 7) is 2.95. The number of hydrogen-bond acceptors (Lipinski definition) is 7. The number of carbonyl (C=O) groups excluding carboxylic acids is 1. The van der Waals surface area contributed by atoms with Crippen molar-refractivity contribution >= 4 is 21.6 Å². The fourth-order valence-corrected chi connectivity index (χ4v) is 3.32. The lowest BCUT2D eigenvalue weighted by atomic mass is 10.1. The number of sulfonamides is 1. The molecule has 2 aromatic heterocycles. The van der Waals surface area contributed by atoms with Crippen LogP contribution in [-0.2, 0) is 10.0 Å². The first-order chi connectivity index (χ1) is 13.2. The van der Waals surface area contributed by atoms with E-state index in [2.05, 4.69) is 15.0 Å². The van der Waals surface area contributed by atoms with Crippen molar-refractivity contribution in [3.8, 4) is 5.88 Å². The lowest BCUT2D eigenvalue weighted by Gasteiger charge is -2.31. The zero-order chi connectivity index (χ0) is 20.3. The van der Waals surface area contributed by atoms with E-state index in [1.807, 2.05) is 6.92 Å². The van der Waals surface area contributed by atoms with Crippen molar-refractivity contribution < 1.29 is 17.9 Å². The zero-order valence-corrected chi connectivity index (χ0v) is 16.9. The molecule has 0 bridgehead atoms. The predicted octanol–water partition coefficient (Wildman–Crippen LogP) is 1.26.